The van der Waals surface area contributed by atoms with E-state index in [1.165, 1.54) is 19.0 Å². The quantitative estimate of drug-likeness (QED) is 0.629. The van der Waals surface area contributed by atoms with Crippen LogP contribution in [0.4, 0.5) is 5.82 Å². The molecule has 8 heteroatoms. The summed E-state index contributed by atoms with van der Waals surface area (Å²) in [4.78, 5) is 36.1. The molecule has 1 aromatic rings. The third kappa shape index (κ3) is 3.43. The Labute approximate surface area is 110 Å². The summed E-state index contributed by atoms with van der Waals surface area (Å²) in [6.45, 7) is 2.34. The molecule has 0 bridgehead atoms. The predicted molar refractivity (Wildman–Crippen MR) is 69.2 cm³/mol. The van der Waals surface area contributed by atoms with Crippen LogP contribution in [0, 0.1) is 0 Å². The molecule has 0 unspecified atom stereocenters. The van der Waals surface area contributed by atoms with Crippen LogP contribution < -0.4 is 16.1 Å². The van der Waals surface area contributed by atoms with Gasteiger partial charge in [0.15, 0.2) is 0 Å². The Bertz CT molecular complexity index is 575. The van der Waals surface area contributed by atoms with Gasteiger partial charge in [-0.2, -0.15) is 0 Å². The molecule has 0 aromatic carbocycles. The molecule has 0 radical (unpaired) electrons. The van der Waals surface area contributed by atoms with Gasteiger partial charge in [0.1, 0.15) is 0 Å². The average molecular weight is 270 g/mol. The number of anilines is 1. The molecule has 0 fully saturated rings. The summed E-state index contributed by atoms with van der Waals surface area (Å²) in [6.07, 6.45) is 0.151. The lowest BCUT2D eigenvalue weighted by Crippen LogP contribution is -2.42. The summed E-state index contributed by atoms with van der Waals surface area (Å²) in [5.74, 6) is -0.218. The van der Waals surface area contributed by atoms with Gasteiger partial charge in [0, 0.05) is 27.7 Å². The number of carbonyl (C=O) groups is 1. The second-order valence-electron chi connectivity index (χ2n) is 4.07. The van der Waals surface area contributed by atoms with E-state index in [1.54, 1.807) is 14.0 Å². The molecule has 0 saturated carbocycles. The Morgan fingerprint density at radius 2 is 2.00 bits per heavy atom. The van der Waals surface area contributed by atoms with E-state index < -0.39 is 11.2 Å². The van der Waals surface area contributed by atoms with Crippen molar-refractivity contribution in [3.63, 3.8) is 0 Å². The minimum atomic E-state index is -0.493. The zero-order chi connectivity index (χ0) is 14.6. The van der Waals surface area contributed by atoms with Crippen LogP contribution in [-0.4, -0.2) is 40.5 Å². The summed E-state index contributed by atoms with van der Waals surface area (Å²) in [5, 5.41) is 3.90. The smallest absolute Gasteiger partial charge is 0.346 e. The molecule has 106 valence electrons. The van der Waals surface area contributed by atoms with Gasteiger partial charge >= 0.3 is 11.7 Å². The first-order valence-electron chi connectivity index (χ1n) is 5.89. The number of hydrogen-bond acceptors (Lipinski definition) is 6. The normalized spacial score (nSPS) is 10.3. The maximum absolute atomic E-state index is 11.9. The Morgan fingerprint density at radius 1 is 1.37 bits per heavy atom. The fraction of sp³-hybridized carbons (Fsp3) is 0.636. The highest BCUT2D eigenvalue weighted by molar-refractivity contribution is 5.70. The van der Waals surface area contributed by atoms with Crippen molar-refractivity contribution in [2.75, 3.05) is 25.1 Å². The molecule has 0 aliphatic rings. The minimum Gasteiger partial charge on any atom is -0.466 e. The predicted octanol–water partition coefficient (Wildman–Crippen LogP) is -1.13. The first-order chi connectivity index (χ1) is 8.88. The molecule has 0 amide bonds. The maximum atomic E-state index is 11.9. The molecule has 0 aliphatic heterocycles. The molecule has 0 N–H and O–H groups in total. The fourth-order valence-corrected chi connectivity index (χ4v) is 1.52. The van der Waals surface area contributed by atoms with Crippen LogP contribution >= 0.6 is 0 Å². The Kier molecular flexibility index (Phi) is 4.85. The van der Waals surface area contributed by atoms with Crippen molar-refractivity contribution in [2.24, 2.45) is 14.1 Å². The molecule has 1 aromatic heterocycles. The van der Waals surface area contributed by atoms with Crippen LogP contribution in [0.3, 0.4) is 0 Å². The number of ether oxygens (including phenoxy) is 1. The lowest BCUT2D eigenvalue weighted by molar-refractivity contribution is -0.142. The van der Waals surface area contributed by atoms with Crippen molar-refractivity contribution in [3.8, 4) is 0 Å². The van der Waals surface area contributed by atoms with Crippen molar-refractivity contribution in [2.45, 2.75) is 13.3 Å². The molecular weight excluding hydrogens is 252 g/mol. The lowest BCUT2D eigenvalue weighted by atomic mass is 10.4. The van der Waals surface area contributed by atoms with Crippen LogP contribution in [0.25, 0.3) is 0 Å². The molecule has 8 nitrogen and oxygen atoms in total. The van der Waals surface area contributed by atoms with E-state index in [1.807, 2.05) is 0 Å². The monoisotopic (exact) mass is 270 g/mol. The highest BCUT2D eigenvalue weighted by Gasteiger charge is 2.14. The Hall–Kier alpha value is -2.12. The van der Waals surface area contributed by atoms with Crippen LogP contribution in [0.1, 0.15) is 13.3 Å². The van der Waals surface area contributed by atoms with Crippen molar-refractivity contribution < 1.29 is 9.53 Å². The second kappa shape index (κ2) is 6.17. The van der Waals surface area contributed by atoms with E-state index in [2.05, 4.69) is 5.10 Å². The van der Waals surface area contributed by atoms with Crippen molar-refractivity contribution in [1.29, 1.82) is 0 Å². The molecule has 0 spiro atoms. The summed E-state index contributed by atoms with van der Waals surface area (Å²) in [5.41, 5.74) is -0.984. The van der Waals surface area contributed by atoms with Crippen LogP contribution in [0.5, 0.6) is 0 Å². The number of esters is 1. The van der Waals surface area contributed by atoms with Gasteiger partial charge in [0.05, 0.1) is 13.0 Å². The minimum absolute atomic E-state index is 0.119. The van der Waals surface area contributed by atoms with Gasteiger partial charge in [-0.15, -0.1) is 5.10 Å². The number of nitrogens with zero attached hydrogens (tertiary/aromatic N) is 4. The van der Waals surface area contributed by atoms with Crippen molar-refractivity contribution >= 4 is 11.8 Å². The SMILES string of the molecule is CCOC(=O)CCN(C)c1nn(C)c(=O)n(C)c1=O. The van der Waals surface area contributed by atoms with E-state index in [9.17, 15) is 14.4 Å². The number of aromatic nitrogens is 3. The fourth-order valence-electron chi connectivity index (χ4n) is 1.52. The average Bonchev–Trinajstić information content (AvgIpc) is 2.38. The Balaban J connectivity index is 2.89. The molecule has 1 heterocycles. The number of carbonyl (C=O) groups excluding carboxylic acids is 1. The van der Waals surface area contributed by atoms with Gasteiger partial charge in [-0.25, -0.2) is 9.48 Å². The molecule has 0 saturated heterocycles. The van der Waals surface area contributed by atoms with Crippen LogP contribution in [0.2, 0.25) is 0 Å². The van der Waals surface area contributed by atoms with Crippen molar-refractivity contribution in [1.82, 2.24) is 14.3 Å². The first kappa shape index (κ1) is 14.9. The molecule has 0 aliphatic carbocycles. The van der Waals surface area contributed by atoms with Gasteiger partial charge in [0.2, 0.25) is 5.82 Å². The van der Waals surface area contributed by atoms with Gasteiger partial charge in [-0.1, -0.05) is 0 Å². The largest absolute Gasteiger partial charge is 0.466 e. The van der Waals surface area contributed by atoms with E-state index in [4.69, 9.17) is 4.74 Å². The third-order valence-electron chi connectivity index (χ3n) is 2.62. The number of aryl methyl sites for hydroxylation is 1. The van der Waals surface area contributed by atoms with Crippen LogP contribution in [0.15, 0.2) is 9.59 Å². The van der Waals surface area contributed by atoms with E-state index >= 15 is 0 Å². The number of hydrogen-bond donors (Lipinski definition) is 0. The summed E-state index contributed by atoms with van der Waals surface area (Å²) in [6, 6.07) is 0. The van der Waals surface area contributed by atoms with E-state index in [0.29, 0.717) is 13.2 Å². The third-order valence-corrected chi connectivity index (χ3v) is 2.62. The number of rotatable bonds is 5. The van der Waals surface area contributed by atoms with Gasteiger partial charge < -0.3 is 9.64 Å². The van der Waals surface area contributed by atoms with Crippen LogP contribution in [-0.2, 0) is 23.6 Å². The summed E-state index contributed by atoms with van der Waals surface area (Å²) < 4.78 is 6.86. The summed E-state index contributed by atoms with van der Waals surface area (Å²) >= 11 is 0. The molecule has 0 atom stereocenters. The van der Waals surface area contributed by atoms with Crippen molar-refractivity contribution in [3.05, 3.63) is 20.8 Å². The van der Waals surface area contributed by atoms with E-state index in [0.717, 1.165) is 9.25 Å². The van der Waals surface area contributed by atoms with E-state index in [-0.39, 0.29) is 18.2 Å². The zero-order valence-corrected chi connectivity index (χ0v) is 11.5. The zero-order valence-electron chi connectivity index (χ0n) is 11.5. The standard InChI is InChI=1S/C11H18N4O4/c1-5-19-8(16)6-7-13(2)9-10(17)14(3)11(18)15(4)12-9/h5-7H2,1-4H3. The second-order valence-corrected chi connectivity index (χ2v) is 4.07. The van der Waals surface area contributed by atoms with Gasteiger partial charge in [-0.3, -0.25) is 14.2 Å². The van der Waals surface area contributed by atoms with Gasteiger partial charge in [-0.05, 0) is 6.92 Å². The highest BCUT2D eigenvalue weighted by atomic mass is 16.5. The lowest BCUT2D eigenvalue weighted by Gasteiger charge is -2.17. The van der Waals surface area contributed by atoms with Gasteiger partial charge in [0.25, 0.3) is 5.56 Å². The molecule has 19 heavy (non-hydrogen) atoms. The molecular formula is C11H18N4O4. The Morgan fingerprint density at radius 3 is 2.58 bits per heavy atom. The summed E-state index contributed by atoms with van der Waals surface area (Å²) in [7, 11) is 4.48. The topological polar surface area (TPSA) is 86.4 Å². The highest BCUT2D eigenvalue weighted by Crippen LogP contribution is 2.00. The maximum Gasteiger partial charge on any atom is 0.346 e. The first-order valence-corrected chi connectivity index (χ1v) is 5.89. The molecule has 1 rings (SSSR count).